The molecule has 2 atom stereocenters. The molecule has 9 heteroatoms. The van der Waals surface area contributed by atoms with Gasteiger partial charge in [0.1, 0.15) is 17.7 Å². The van der Waals surface area contributed by atoms with Crippen LogP contribution in [0.2, 0.25) is 0 Å². The molecule has 0 spiro atoms. The number of rotatable bonds is 12. The van der Waals surface area contributed by atoms with Crippen LogP contribution in [-0.2, 0) is 19.1 Å². The van der Waals surface area contributed by atoms with E-state index < -0.39 is 42.0 Å². The molecule has 4 N–H and O–H groups in total. The minimum atomic E-state index is -1.27. The summed E-state index contributed by atoms with van der Waals surface area (Å²) in [7, 11) is 0. The Morgan fingerprint density at radius 1 is 1.08 bits per heavy atom. The highest BCUT2D eigenvalue weighted by molar-refractivity contribution is 5.94. The SMILES string of the molecule is CCCCCN(C(=O)C(CC(N)=O)NC(=O)OC(C)(C)C)C(C(=O)NC1CCCCC1)c1cccc(C)c1C. The number of amides is 4. The third-order valence-electron chi connectivity index (χ3n) is 7.13. The first-order chi connectivity index (χ1) is 18.3. The van der Waals surface area contributed by atoms with E-state index >= 15 is 0 Å². The molecule has 1 aromatic carbocycles. The molecule has 1 aliphatic rings. The maximum Gasteiger partial charge on any atom is 0.408 e. The van der Waals surface area contributed by atoms with E-state index in [0.717, 1.165) is 61.6 Å². The zero-order valence-corrected chi connectivity index (χ0v) is 24.6. The molecule has 0 saturated heterocycles. The summed E-state index contributed by atoms with van der Waals surface area (Å²) in [6.45, 7) is 11.4. The Kier molecular flexibility index (Phi) is 12.3. The van der Waals surface area contributed by atoms with Crippen LogP contribution >= 0.6 is 0 Å². The predicted molar refractivity (Wildman–Crippen MR) is 152 cm³/mol. The summed E-state index contributed by atoms with van der Waals surface area (Å²) < 4.78 is 5.35. The van der Waals surface area contributed by atoms with Crippen LogP contribution in [0.5, 0.6) is 0 Å². The van der Waals surface area contributed by atoms with E-state index in [2.05, 4.69) is 17.6 Å². The topological polar surface area (TPSA) is 131 Å². The van der Waals surface area contributed by atoms with Crippen molar-refractivity contribution < 1.29 is 23.9 Å². The van der Waals surface area contributed by atoms with Gasteiger partial charge in [-0.05, 0) is 70.6 Å². The number of ether oxygens (including phenoxy) is 1. The van der Waals surface area contributed by atoms with Crippen molar-refractivity contribution in [3.8, 4) is 0 Å². The average molecular weight is 545 g/mol. The quantitative estimate of drug-likeness (QED) is 0.332. The van der Waals surface area contributed by atoms with E-state index in [1.165, 1.54) is 4.90 Å². The molecular weight excluding hydrogens is 496 g/mol. The molecule has 0 radical (unpaired) electrons. The minimum Gasteiger partial charge on any atom is -0.444 e. The number of benzene rings is 1. The van der Waals surface area contributed by atoms with Gasteiger partial charge in [-0.2, -0.15) is 0 Å². The maximum atomic E-state index is 14.1. The van der Waals surface area contributed by atoms with Crippen molar-refractivity contribution in [2.24, 2.45) is 5.73 Å². The van der Waals surface area contributed by atoms with Gasteiger partial charge in [0.2, 0.25) is 17.7 Å². The molecule has 4 amide bonds. The predicted octanol–water partition coefficient (Wildman–Crippen LogP) is 4.58. The molecule has 0 heterocycles. The summed E-state index contributed by atoms with van der Waals surface area (Å²) in [5.74, 6) is -1.54. The van der Waals surface area contributed by atoms with Crippen molar-refractivity contribution in [1.82, 2.24) is 15.5 Å². The van der Waals surface area contributed by atoms with Gasteiger partial charge in [-0.25, -0.2) is 4.79 Å². The lowest BCUT2D eigenvalue weighted by atomic mass is 9.92. The molecule has 0 bridgehead atoms. The second kappa shape index (κ2) is 14.9. The standard InChI is InChI=1S/C30H48N4O5/c1-7-8-12-18-34(28(37)24(19-25(31)35)33-29(38)39-30(4,5)6)26(23-17-13-14-20(2)21(23)3)27(36)32-22-15-10-9-11-16-22/h13-14,17,22,24,26H,7-12,15-16,18-19H2,1-6H3,(H2,31,35)(H,32,36)(H,33,38). The van der Waals surface area contributed by atoms with E-state index in [-0.39, 0.29) is 18.5 Å². The van der Waals surface area contributed by atoms with Crippen molar-refractivity contribution in [2.75, 3.05) is 6.54 Å². The van der Waals surface area contributed by atoms with Crippen molar-refractivity contribution in [3.63, 3.8) is 0 Å². The number of nitrogens with two attached hydrogens (primary N) is 1. The van der Waals surface area contributed by atoms with E-state index in [1.807, 2.05) is 32.0 Å². The minimum absolute atomic E-state index is 0.0489. The first kappa shape index (κ1) is 32.1. The Bertz CT molecular complexity index is 998. The first-order valence-electron chi connectivity index (χ1n) is 14.3. The first-order valence-corrected chi connectivity index (χ1v) is 14.3. The molecule has 1 fully saturated rings. The fourth-order valence-corrected chi connectivity index (χ4v) is 5.00. The van der Waals surface area contributed by atoms with Gasteiger partial charge < -0.3 is 26.0 Å². The second-order valence-corrected chi connectivity index (χ2v) is 11.6. The van der Waals surface area contributed by atoms with Gasteiger partial charge in [-0.15, -0.1) is 0 Å². The smallest absolute Gasteiger partial charge is 0.408 e. The Balaban J connectivity index is 2.53. The number of hydrogen-bond donors (Lipinski definition) is 3. The number of carbonyl (C=O) groups excluding carboxylic acids is 4. The Morgan fingerprint density at radius 3 is 2.33 bits per heavy atom. The molecule has 0 aliphatic heterocycles. The summed E-state index contributed by atoms with van der Waals surface area (Å²) >= 11 is 0. The number of nitrogens with one attached hydrogen (secondary N) is 2. The van der Waals surface area contributed by atoms with Gasteiger partial charge in [0.15, 0.2) is 0 Å². The maximum absolute atomic E-state index is 14.1. The third kappa shape index (κ3) is 10.2. The van der Waals surface area contributed by atoms with Crippen molar-refractivity contribution in [1.29, 1.82) is 0 Å². The van der Waals surface area contributed by atoms with Crippen LogP contribution in [0.4, 0.5) is 4.79 Å². The van der Waals surface area contributed by atoms with Crippen LogP contribution in [0.1, 0.15) is 108 Å². The Labute approximate surface area is 233 Å². The lowest BCUT2D eigenvalue weighted by Gasteiger charge is -2.36. The zero-order valence-electron chi connectivity index (χ0n) is 24.6. The average Bonchev–Trinajstić information content (AvgIpc) is 2.84. The normalized spacial score (nSPS) is 15.6. The van der Waals surface area contributed by atoms with Crippen LogP contribution in [0, 0.1) is 13.8 Å². The highest BCUT2D eigenvalue weighted by Gasteiger charge is 2.38. The molecule has 218 valence electrons. The van der Waals surface area contributed by atoms with Gasteiger partial charge in [0, 0.05) is 12.6 Å². The van der Waals surface area contributed by atoms with E-state index in [4.69, 9.17) is 10.5 Å². The number of hydrogen-bond acceptors (Lipinski definition) is 5. The molecule has 1 aliphatic carbocycles. The van der Waals surface area contributed by atoms with Crippen molar-refractivity contribution in [3.05, 3.63) is 34.9 Å². The van der Waals surface area contributed by atoms with E-state index in [1.54, 1.807) is 20.8 Å². The van der Waals surface area contributed by atoms with Gasteiger partial charge in [0.25, 0.3) is 0 Å². The second-order valence-electron chi connectivity index (χ2n) is 11.6. The fraction of sp³-hybridized carbons (Fsp3) is 0.667. The zero-order chi connectivity index (χ0) is 29.2. The number of unbranched alkanes of at least 4 members (excludes halogenated alkanes) is 2. The number of primary amides is 1. The molecular formula is C30H48N4O5. The number of carbonyl (C=O) groups is 4. The highest BCUT2D eigenvalue weighted by Crippen LogP contribution is 2.29. The number of aryl methyl sites for hydroxylation is 1. The van der Waals surface area contributed by atoms with Crippen LogP contribution < -0.4 is 16.4 Å². The van der Waals surface area contributed by atoms with Crippen molar-refractivity contribution >= 4 is 23.8 Å². The van der Waals surface area contributed by atoms with E-state index in [9.17, 15) is 19.2 Å². The van der Waals surface area contributed by atoms with Crippen LogP contribution in [-0.4, -0.2) is 52.9 Å². The van der Waals surface area contributed by atoms with Crippen LogP contribution in [0.25, 0.3) is 0 Å². The Morgan fingerprint density at radius 2 is 1.74 bits per heavy atom. The summed E-state index contributed by atoms with van der Waals surface area (Å²) in [6, 6.07) is 3.58. The largest absolute Gasteiger partial charge is 0.444 e. The van der Waals surface area contributed by atoms with Gasteiger partial charge in [0.05, 0.1) is 6.42 Å². The molecule has 1 aromatic rings. The van der Waals surface area contributed by atoms with E-state index in [0.29, 0.717) is 6.42 Å². The fourth-order valence-electron chi connectivity index (χ4n) is 5.00. The summed E-state index contributed by atoms with van der Waals surface area (Å²) in [5.41, 5.74) is 7.34. The number of nitrogens with zero attached hydrogens (tertiary/aromatic N) is 1. The number of alkyl carbamates (subject to hydrolysis) is 1. The summed E-state index contributed by atoms with van der Waals surface area (Å²) in [6.07, 6.45) is 6.27. The molecule has 0 aromatic heterocycles. The monoisotopic (exact) mass is 544 g/mol. The lowest BCUT2D eigenvalue weighted by Crippen LogP contribution is -2.55. The third-order valence-corrected chi connectivity index (χ3v) is 7.13. The molecule has 39 heavy (non-hydrogen) atoms. The van der Waals surface area contributed by atoms with Gasteiger partial charge in [-0.3, -0.25) is 14.4 Å². The molecule has 2 unspecified atom stereocenters. The highest BCUT2D eigenvalue weighted by atomic mass is 16.6. The molecule has 9 nitrogen and oxygen atoms in total. The summed E-state index contributed by atoms with van der Waals surface area (Å²) in [4.78, 5) is 54.3. The lowest BCUT2D eigenvalue weighted by molar-refractivity contribution is -0.143. The summed E-state index contributed by atoms with van der Waals surface area (Å²) in [5, 5.41) is 5.75. The Hall–Kier alpha value is -3.10. The molecule has 2 rings (SSSR count). The van der Waals surface area contributed by atoms with Crippen LogP contribution in [0.3, 0.4) is 0 Å². The van der Waals surface area contributed by atoms with Crippen LogP contribution in [0.15, 0.2) is 18.2 Å². The van der Waals surface area contributed by atoms with Crippen molar-refractivity contribution in [2.45, 2.75) is 123 Å². The molecule has 1 saturated carbocycles. The van der Waals surface area contributed by atoms with Gasteiger partial charge >= 0.3 is 6.09 Å². The van der Waals surface area contributed by atoms with Gasteiger partial charge in [-0.1, -0.05) is 57.2 Å².